The second-order valence-electron chi connectivity index (χ2n) is 6.01. The summed E-state index contributed by atoms with van der Waals surface area (Å²) < 4.78 is 12.2. The van der Waals surface area contributed by atoms with E-state index in [1.165, 1.54) is 14.2 Å². The smallest absolute Gasteiger partial charge is 0.257 e. The molecule has 2 aromatic carbocycles. The van der Waals surface area contributed by atoms with Gasteiger partial charge in [0.1, 0.15) is 11.5 Å². The van der Waals surface area contributed by atoms with Crippen LogP contribution >= 0.6 is 11.6 Å². The van der Waals surface area contributed by atoms with Crippen molar-refractivity contribution < 1.29 is 14.3 Å². The third kappa shape index (κ3) is 4.60. The van der Waals surface area contributed by atoms with Crippen molar-refractivity contribution in [3.63, 3.8) is 0 Å². The van der Waals surface area contributed by atoms with Gasteiger partial charge in [-0.3, -0.25) is 9.48 Å². The largest absolute Gasteiger partial charge is 0.497 e. The molecular formula is C20H20ClN3O3. The van der Waals surface area contributed by atoms with Crippen LogP contribution in [0.25, 0.3) is 0 Å². The number of halogens is 1. The van der Waals surface area contributed by atoms with Gasteiger partial charge in [0.25, 0.3) is 5.91 Å². The Morgan fingerprint density at radius 2 is 1.70 bits per heavy atom. The molecule has 7 heteroatoms. The van der Waals surface area contributed by atoms with Gasteiger partial charge in [0.05, 0.1) is 20.8 Å². The molecule has 0 aliphatic rings. The van der Waals surface area contributed by atoms with Crippen molar-refractivity contribution in [2.45, 2.75) is 13.5 Å². The van der Waals surface area contributed by atoms with Gasteiger partial charge in [-0.05, 0) is 36.8 Å². The fraction of sp³-hybridized carbons (Fsp3) is 0.200. The molecule has 0 saturated heterocycles. The summed E-state index contributed by atoms with van der Waals surface area (Å²) in [5.41, 5.74) is 2.43. The molecule has 3 aromatic rings. The van der Waals surface area contributed by atoms with Gasteiger partial charge in [-0.1, -0.05) is 23.7 Å². The summed E-state index contributed by atoms with van der Waals surface area (Å²) in [4.78, 5) is 12.6. The zero-order valence-electron chi connectivity index (χ0n) is 15.3. The van der Waals surface area contributed by atoms with E-state index >= 15 is 0 Å². The average Bonchev–Trinajstić information content (AvgIpc) is 3.01. The van der Waals surface area contributed by atoms with Crippen LogP contribution in [0, 0.1) is 6.92 Å². The lowest BCUT2D eigenvalue weighted by Gasteiger charge is -2.08. The van der Waals surface area contributed by atoms with E-state index in [-0.39, 0.29) is 5.91 Å². The van der Waals surface area contributed by atoms with Gasteiger partial charge in [-0.15, -0.1) is 0 Å². The number of anilines is 1. The first kappa shape index (κ1) is 18.8. The van der Waals surface area contributed by atoms with E-state index in [0.29, 0.717) is 34.4 Å². The van der Waals surface area contributed by atoms with Gasteiger partial charge in [-0.25, -0.2) is 0 Å². The normalized spacial score (nSPS) is 10.5. The highest BCUT2D eigenvalue weighted by Crippen LogP contribution is 2.23. The summed E-state index contributed by atoms with van der Waals surface area (Å²) in [6.45, 7) is 2.53. The maximum atomic E-state index is 12.6. The van der Waals surface area contributed by atoms with Crippen LogP contribution in [-0.4, -0.2) is 29.9 Å². The number of ether oxygens (including phenoxy) is 2. The third-order valence-corrected chi connectivity index (χ3v) is 4.33. The van der Waals surface area contributed by atoms with Crippen LogP contribution in [0.2, 0.25) is 5.02 Å². The Morgan fingerprint density at radius 1 is 1.07 bits per heavy atom. The quantitative estimate of drug-likeness (QED) is 0.691. The summed E-state index contributed by atoms with van der Waals surface area (Å²) in [7, 11) is 3.08. The van der Waals surface area contributed by atoms with E-state index in [1.807, 2.05) is 41.9 Å². The van der Waals surface area contributed by atoms with Crippen molar-refractivity contribution in [3.8, 4) is 11.5 Å². The van der Waals surface area contributed by atoms with Crippen molar-refractivity contribution in [1.82, 2.24) is 9.78 Å². The molecule has 0 bridgehead atoms. The van der Waals surface area contributed by atoms with Crippen molar-refractivity contribution >= 4 is 23.3 Å². The van der Waals surface area contributed by atoms with Gasteiger partial charge in [0, 0.05) is 28.4 Å². The minimum atomic E-state index is -0.289. The van der Waals surface area contributed by atoms with Crippen LogP contribution in [0.15, 0.2) is 48.5 Å². The topological polar surface area (TPSA) is 65.4 Å². The molecule has 0 spiro atoms. The average molecular weight is 386 g/mol. The number of hydrogen-bond donors (Lipinski definition) is 1. The lowest BCUT2D eigenvalue weighted by Crippen LogP contribution is -2.13. The monoisotopic (exact) mass is 385 g/mol. The molecule has 0 atom stereocenters. The Hall–Kier alpha value is -2.99. The van der Waals surface area contributed by atoms with Crippen LogP contribution in [0.5, 0.6) is 11.5 Å². The Bertz CT molecular complexity index is 929. The predicted molar refractivity (Wildman–Crippen MR) is 105 cm³/mol. The fourth-order valence-corrected chi connectivity index (χ4v) is 2.75. The van der Waals surface area contributed by atoms with Crippen molar-refractivity contribution in [3.05, 3.63) is 70.4 Å². The second-order valence-corrected chi connectivity index (χ2v) is 6.45. The highest BCUT2D eigenvalue weighted by atomic mass is 35.5. The molecule has 0 radical (unpaired) electrons. The number of methoxy groups -OCH3 is 2. The summed E-state index contributed by atoms with van der Waals surface area (Å²) in [5, 5.41) is 7.97. The Labute approximate surface area is 162 Å². The summed E-state index contributed by atoms with van der Waals surface area (Å²) in [6.07, 6.45) is 0. The molecule has 0 aliphatic heterocycles. The van der Waals surface area contributed by atoms with Gasteiger partial charge in [0.15, 0.2) is 5.82 Å². The molecular weight excluding hydrogens is 366 g/mol. The molecule has 0 unspecified atom stereocenters. The number of carbonyl (C=O) groups is 1. The Morgan fingerprint density at radius 3 is 2.30 bits per heavy atom. The third-order valence-electron chi connectivity index (χ3n) is 4.08. The highest BCUT2D eigenvalue weighted by molar-refractivity contribution is 6.30. The standard InChI is InChI=1S/C20H20ClN3O3/c1-13-8-19(23-24(13)12-14-4-6-16(21)7-5-14)22-20(25)15-9-17(26-2)11-18(10-15)27-3/h4-11H,12H2,1-3H3,(H,22,23,25). The first-order valence-corrected chi connectivity index (χ1v) is 8.69. The van der Waals surface area contributed by atoms with Crippen molar-refractivity contribution in [2.24, 2.45) is 0 Å². The van der Waals surface area contributed by atoms with Gasteiger partial charge in [-0.2, -0.15) is 5.10 Å². The molecule has 1 heterocycles. The molecule has 3 rings (SSSR count). The Kier molecular flexibility index (Phi) is 5.66. The van der Waals surface area contributed by atoms with Crippen LogP contribution in [0.3, 0.4) is 0 Å². The van der Waals surface area contributed by atoms with Crippen LogP contribution in [0.1, 0.15) is 21.6 Å². The van der Waals surface area contributed by atoms with Crippen LogP contribution in [-0.2, 0) is 6.54 Å². The number of hydrogen-bond acceptors (Lipinski definition) is 4. The molecule has 6 nitrogen and oxygen atoms in total. The number of carbonyl (C=O) groups excluding carboxylic acids is 1. The van der Waals surface area contributed by atoms with Crippen molar-refractivity contribution in [1.29, 1.82) is 0 Å². The predicted octanol–water partition coefficient (Wildman–Crippen LogP) is 4.16. The van der Waals surface area contributed by atoms with Crippen LogP contribution < -0.4 is 14.8 Å². The summed E-state index contributed by atoms with van der Waals surface area (Å²) >= 11 is 5.92. The summed E-state index contributed by atoms with van der Waals surface area (Å²) in [5.74, 6) is 1.28. The van der Waals surface area contributed by atoms with E-state index in [9.17, 15) is 4.79 Å². The minimum Gasteiger partial charge on any atom is -0.497 e. The van der Waals surface area contributed by atoms with Gasteiger partial charge in [0.2, 0.25) is 0 Å². The van der Waals surface area contributed by atoms with E-state index in [0.717, 1.165) is 11.3 Å². The Balaban J connectivity index is 1.76. The van der Waals surface area contributed by atoms with Gasteiger partial charge < -0.3 is 14.8 Å². The number of aryl methyl sites for hydroxylation is 1. The molecule has 0 aliphatic carbocycles. The van der Waals surface area contributed by atoms with E-state index < -0.39 is 0 Å². The van der Waals surface area contributed by atoms with Gasteiger partial charge >= 0.3 is 0 Å². The number of nitrogens with zero attached hydrogens (tertiary/aromatic N) is 2. The SMILES string of the molecule is COc1cc(OC)cc(C(=O)Nc2cc(C)n(Cc3ccc(Cl)cc3)n2)c1. The number of rotatable bonds is 6. The summed E-state index contributed by atoms with van der Waals surface area (Å²) in [6, 6.07) is 14.4. The first-order valence-electron chi connectivity index (χ1n) is 8.32. The molecule has 0 saturated carbocycles. The first-order chi connectivity index (χ1) is 13.0. The lowest BCUT2D eigenvalue weighted by molar-refractivity contribution is 0.102. The van der Waals surface area contributed by atoms with E-state index in [2.05, 4.69) is 10.4 Å². The molecule has 27 heavy (non-hydrogen) atoms. The number of amides is 1. The zero-order chi connectivity index (χ0) is 19.4. The van der Waals surface area contributed by atoms with Crippen molar-refractivity contribution in [2.75, 3.05) is 19.5 Å². The maximum absolute atomic E-state index is 12.6. The second kappa shape index (κ2) is 8.14. The molecule has 1 N–H and O–H groups in total. The maximum Gasteiger partial charge on any atom is 0.257 e. The molecule has 1 amide bonds. The lowest BCUT2D eigenvalue weighted by atomic mass is 10.2. The van der Waals surface area contributed by atoms with E-state index in [4.69, 9.17) is 21.1 Å². The number of nitrogens with one attached hydrogen (secondary N) is 1. The number of aromatic nitrogens is 2. The zero-order valence-corrected chi connectivity index (χ0v) is 16.1. The molecule has 140 valence electrons. The molecule has 1 aromatic heterocycles. The highest BCUT2D eigenvalue weighted by Gasteiger charge is 2.13. The molecule has 0 fully saturated rings. The minimum absolute atomic E-state index is 0.289. The van der Waals surface area contributed by atoms with E-state index in [1.54, 1.807) is 18.2 Å². The number of benzene rings is 2. The van der Waals surface area contributed by atoms with Crippen LogP contribution in [0.4, 0.5) is 5.82 Å². The fourth-order valence-electron chi connectivity index (χ4n) is 2.62.